The lowest BCUT2D eigenvalue weighted by Gasteiger charge is -2.20. The Hall–Kier alpha value is -0.970. The van der Waals surface area contributed by atoms with Gasteiger partial charge in [-0.25, -0.2) is 0 Å². The molecule has 2 atom stereocenters. The van der Waals surface area contributed by atoms with Crippen LogP contribution in [-0.2, 0) is 4.79 Å². The Morgan fingerprint density at radius 2 is 2.15 bits per heavy atom. The van der Waals surface area contributed by atoms with Gasteiger partial charge in [0.2, 0.25) is 0 Å². The minimum absolute atomic E-state index is 0.0617. The third-order valence-corrected chi connectivity index (χ3v) is 3.63. The van der Waals surface area contributed by atoms with Crippen LogP contribution in [0.4, 0.5) is 0 Å². The predicted molar refractivity (Wildman–Crippen MR) is 80.8 cm³/mol. The normalized spacial score (nSPS) is 13.8. The fourth-order valence-electron chi connectivity index (χ4n) is 1.74. The Morgan fingerprint density at radius 1 is 1.45 bits per heavy atom. The number of nitrogens with one attached hydrogen (secondary N) is 1. The molecule has 0 aliphatic carbocycles. The van der Waals surface area contributed by atoms with Crippen LogP contribution in [0.2, 0.25) is 10.0 Å². The fourth-order valence-corrected chi connectivity index (χ4v) is 2.20. The van der Waals surface area contributed by atoms with E-state index in [0.29, 0.717) is 28.9 Å². The van der Waals surface area contributed by atoms with Crippen LogP contribution in [-0.4, -0.2) is 30.3 Å². The first-order valence-electron chi connectivity index (χ1n) is 6.49. The van der Waals surface area contributed by atoms with Gasteiger partial charge in [-0.2, -0.15) is 0 Å². The van der Waals surface area contributed by atoms with Gasteiger partial charge in [-0.05, 0) is 24.1 Å². The van der Waals surface area contributed by atoms with E-state index < -0.39 is 12.0 Å². The van der Waals surface area contributed by atoms with Crippen molar-refractivity contribution in [3.8, 4) is 5.75 Å². The van der Waals surface area contributed by atoms with Crippen LogP contribution in [0.25, 0.3) is 0 Å². The number of ether oxygens (including phenoxy) is 1. The van der Waals surface area contributed by atoms with E-state index >= 15 is 0 Å². The van der Waals surface area contributed by atoms with Crippen molar-refractivity contribution in [3.63, 3.8) is 0 Å². The summed E-state index contributed by atoms with van der Waals surface area (Å²) in [5.74, 6) is -0.247. The molecule has 6 heteroatoms. The number of hydrogen-bond acceptors (Lipinski definition) is 3. The predicted octanol–water partition coefficient (Wildman–Crippen LogP) is 3.46. The molecule has 20 heavy (non-hydrogen) atoms. The second kappa shape index (κ2) is 8.35. The molecule has 0 spiro atoms. The third-order valence-electron chi connectivity index (χ3n) is 3.10. The summed E-state index contributed by atoms with van der Waals surface area (Å²) in [5.41, 5.74) is 0. The van der Waals surface area contributed by atoms with Gasteiger partial charge in [0.25, 0.3) is 0 Å². The molecule has 1 aromatic rings. The smallest absolute Gasteiger partial charge is 0.320 e. The minimum atomic E-state index is -0.844. The van der Waals surface area contributed by atoms with Crippen LogP contribution in [0.5, 0.6) is 5.75 Å². The third kappa shape index (κ3) is 5.19. The second-order valence-corrected chi connectivity index (χ2v) is 5.42. The summed E-state index contributed by atoms with van der Waals surface area (Å²) in [6, 6.07) is 4.42. The van der Waals surface area contributed by atoms with Crippen molar-refractivity contribution >= 4 is 29.2 Å². The number of halogens is 2. The van der Waals surface area contributed by atoms with Crippen molar-refractivity contribution in [2.24, 2.45) is 5.92 Å². The summed E-state index contributed by atoms with van der Waals surface area (Å²) in [4.78, 5) is 11.1. The van der Waals surface area contributed by atoms with Gasteiger partial charge in [0.05, 0.1) is 5.02 Å². The highest BCUT2D eigenvalue weighted by Crippen LogP contribution is 2.27. The van der Waals surface area contributed by atoms with Crippen molar-refractivity contribution in [1.29, 1.82) is 0 Å². The lowest BCUT2D eigenvalue weighted by atomic mass is 9.99. The van der Waals surface area contributed by atoms with Crippen molar-refractivity contribution in [3.05, 3.63) is 28.2 Å². The molecule has 0 heterocycles. The van der Waals surface area contributed by atoms with Crippen LogP contribution in [0.1, 0.15) is 20.3 Å². The number of carboxylic acid groups (broad SMARTS) is 1. The molecule has 0 bridgehead atoms. The Balaban J connectivity index is 2.42. The maximum absolute atomic E-state index is 11.1. The van der Waals surface area contributed by atoms with Gasteiger partial charge in [0, 0.05) is 11.6 Å². The summed E-state index contributed by atoms with van der Waals surface area (Å²) in [6.07, 6.45) is 0.799. The summed E-state index contributed by atoms with van der Waals surface area (Å²) in [5, 5.41) is 13.1. The Labute approximate surface area is 129 Å². The van der Waals surface area contributed by atoms with Crippen LogP contribution < -0.4 is 10.1 Å². The average Bonchev–Trinajstić information content (AvgIpc) is 2.39. The van der Waals surface area contributed by atoms with Crippen molar-refractivity contribution in [1.82, 2.24) is 5.32 Å². The van der Waals surface area contributed by atoms with E-state index in [9.17, 15) is 4.79 Å². The summed E-state index contributed by atoms with van der Waals surface area (Å²) >= 11 is 11.8. The molecule has 1 rings (SSSR count). The van der Waals surface area contributed by atoms with E-state index in [4.69, 9.17) is 33.0 Å². The quantitative estimate of drug-likeness (QED) is 0.720. The van der Waals surface area contributed by atoms with E-state index in [-0.39, 0.29) is 5.92 Å². The van der Waals surface area contributed by atoms with E-state index in [1.54, 1.807) is 18.2 Å². The molecular formula is C14H19Cl2NO3. The molecule has 112 valence electrons. The molecule has 0 unspecified atom stereocenters. The van der Waals surface area contributed by atoms with Crippen molar-refractivity contribution in [2.45, 2.75) is 26.3 Å². The van der Waals surface area contributed by atoms with Gasteiger partial charge in [-0.3, -0.25) is 4.79 Å². The zero-order valence-corrected chi connectivity index (χ0v) is 13.0. The maximum atomic E-state index is 11.1. The standard InChI is InChI=1S/C14H19Cl2NO3/c1-3-9(2)13(14(18)19)17-6-7-20-12-5-4-10(15)8-11(12)16/h4-5,8-9,13,17H,3,6-7H2,1-2H3,(H,18,19)/t9-,13-/m0/s1. The number of aliphatic carboxylic acids is 1. The largest absolute Gasteiger partial charge is 0.491 e. The molecule has 0 fully saturated rings. The van der Waals surface area contributed by atoms with Gasteiger partial charge in [-0.1, -0.05) is 43.5 Å². The fraction of sp³-hybridized carbons (Fsp3) is 0.500. The lowest BCUT2D eigenvalue weighted by molar-refractivity contribution is -0.140. The number of benzene rings is 1. The van der Waals surface area contributed by atoms with Gasteiger partial charge >= 0.3 is 5.97 Å². The first kappa shape index (κ1) is 17.1. The maximum Gasteiger partial charge on any atom is 0.320 e. The van der Waals surface area contributed by atoms with Crippen LogP contribution in [0, 0.1) is 5.92 Å². The lowest BCUT2D eigenvalue weighted by Crippen LogP contribution is -2.43. The zero-order valence-electron chi connectivity index (χ0n) is 11.5. The van der Waals surface area contributed by atoms with Gasteiger partial charge in [0.1, 0.15) is 18.4 Å². The molecule has 0 aliphatic heterocycles. The van der Waals surface area contributed by atoms with Crippen molar-refractivity contribution < 1.29 is 14.6 Å². The SMILES string of the molecule is CC[C@H](C)[C@H](NCCOc1ccc(Cl)cc1Cl)C(=O)O. The molecular weight excluding hydrogens is 301 g/mol. The molecule has 0 saturated heterocycles. The van der Waals surface area contributed by atoms with Gasteiger partial charge < -0.3 is 15.2 Å². The van der Waals surface area contributed by atoms with Crippen LogP contribution in [0.15, 0.2) is 18.2 Å². The number of carbonyl (C=O) groups is 1. The second-order valence-electron chi connectivity index (χ2n) is 4.58. The highest BCUT2D eigenvalue weighted by Gasteiger charge is 2.22. The van der Waals surface area contributed by atoms with Crippen LogP contribution >= 0.6 is 23.2 Å². The molecule has 2 N–H and O–H groups in total. The van der Waals surface area contributed by atoms with Crippen molar-refractivity contribution in [2.75, 3.05) is 13.2 Å². The molecule has 0 radical (unpaired) electrons. The average molecular weight is 320 g/mol. The number of carboxylic acids is 1. The molecule has 0 amide bonds. The monoisotopic (exact) mass is 319 g/mol. The highest BCUT2D eigenvalue weighted by atomic mass is 35.5. The Morgan fingerprint density at radius 3 is 2.70 bits per heavy atom. The number of hydrogen-bond donors (Lipinski definition) is 2. The molecule has 0 aromatic heterocycles. The van der Waals surface area contributed by atoms with E-state index in [0.717, 1.165) is 6.42 Å². The van der Waals surface area contributed by atoms with E-state index in [1.807, 2.05) is 13.8 Å². The Kier molecular flexibility index (Phi) is 7.13. The molecule has 1 aromatic carbocycles. The minimum Gasteiger partial charge on any atom is -0.491 e. The van der Waals surface area contributed by atoms with Gasteiger partial charge in [0.15, 0.2) is 0 Å². The molecule has 4 nitrogen and oxygen atoms in total. The highest BCUT2D eigenvalue weighted by molar-refractivity contribution is 6.35. The summed E-state index contributed by atoms with van der Waals surface area (Å²) < 4.78 is 5.49. The summed E-state index contributed by atoms with van der Waals surface area (Å²) in [6.45, 7) is 4.64. The molecule has 0 aliphatic rings. The number of rotatable bonds is 8. The van der Waals surface area contributed by atoms with E-state index in [2.05, 4.69) is 5.32 Å². The topological polar surface area (TPSA) is 58.6 Å². The first-order valence-corrected chi connectivity index (χ1v) is 7.25. The van der Waals surface area contributed by atoms with E-state index in [1.165, 1.54) is 0 Å². The summed E-state index contributed by atoms with van der Waals surface area (Å²) in [7, 11) is 0. The zero-order chi connectivity index (χ0) is 15.1. The van der Waals surface area contributed by atoms with Gasteiger partial charge in [-0.15, -0.1) is 0 Å². The molecule has 0 saturated carbocycles. The first-order chi connectivity index (χ1) is 9.45. The van der Waals surface area contributed by atoms with Crippen LogP contribution in [0.3, 0.4) is 0 Å². The Bertz CT molecular complexity index is 454.